The van der Waals surface area contributed by atoms with Crippen LogP contribution in [0.2, 0.25) is 0 Å². The molecule has 3 heterocycles. The van der Waals surface area contributed by atoms with Crippen molar-refractivity contribution < 1.29 is 18.7 Å². The van der Waals surface area contributed by atoms with Crippen molar-refractivity contribution in [1.82, 2.24) is 19.7 Å². The summed E-state index contributed by atoms with van der Waals surface area (Å²) >= 11 is 1.38. The first kappa shape index (κ1) is 20.3. The standard InChI is InChI=1S/C21H24N4O4S/c1-3-24(12-15-13-28-16-8-5-6-9-17(16)29-15)19(26)14-30-21-23-22-20(25(21)4-2)18-10-7-11-27-18/h5-11,15H,3-4,12-14H2,1-2H3. The molecule has 0 fully saturated rings. The van der Waals surface area contributed by atoms with Crippen molar-refractivity contribution in [2.75, 3.05) is 25.4 Å². The molecule has 0 spiro atoms. The number of carbonyl (C=O) groups is 1. The Morgan fingerprint density at radius 3 is 2.77 bits per heavy atom. The minimum Gasteiger partial charge on any atom is -0.486 e. The van der Waals surface area contributed by atoms with Crippen molar-refractivity contribution in [2.24, 2.45) is 0 Å². The van der Waals surface area contributed by atoms with Gasteiger partial charge in [-0.3, -0.25) is 9.36 Å². The van der Waals surface area contributed by atoms with Gasteiger partial charge in [0.1, 0.15) is 6.61 Å². The van der Waals surface area contributed by atoms with Gasteiger partial charge in [-0.2, -0.15) is 0 Å². The van der Waals surface area contributed by atoms with E-state index in [1.54, 1.807) is 11.2 Å². The maximum absolute atomic E-state index is 12.8. The van der Waals surface area contributed by atoms with Gasteiger partial charge in [-0.15, -0.1) is 10.2 Å². The van der Waals surface area contributed by atoms with E-state index in [-0.39, 0.29) is 17.8 Å². The van der Waals surface area contributed by atoms with Gasteiger partial charge in [-0.25, -0.2) is 0 Å². The van der Waals surface area contributed by atoms with Gasteiger partial charge in [-0.1, -0.05) is 23.9 Å². The zero-order valence-electron chi connectivity index (χ0n) is 17.0. The number of likely N-dealkylation sites (N-methyl/N-ethyl adjacent to an activating group) is 1. The number of hydrogen-bond donors (Lipinski definition) is 0. The molecule has 4 rings (SSSR count). The van der Waals surface area contributed by atoms with Gasteiger partial charge < -0.3 is 18.8 Å². The van der Waals surface area contributed by atoms with Crippen LogP contribution in [0.1, 0.15) is 13.8 Å². The topological polar surface area (TPSA) is 82.6 Å². The smallest absolute Gasteiger partial charge is 0.233 e. The third-order valence-electron chi connectivity index (χ3n) is 4.83. The van der Waals surface area contributed by atoms with E-state index in [1.807, 2.05) is 54.8 Å². The fraction of sp³-hybridized carbons (Fsp3) is 0.381. The molecule has 0 bridgehead atoms. The van der Waals surface area contributed by atoms with E-state index in [0.717, 1.165) is 5.75 Å². The predicted molar refractivity (Wildman–Crippen MR) is 113 cm³/mol. The second kappa shape index (κ2) is 9.25. The van der Waals surface area contributed by atoms with Crippen LogP contribution in [0.25, 0.3) is 11.6 Å². The van der Waals surface area contributed by atoms with Gasteiger partial charge in [0.05, 0.1) is 18.6 Å². The van der Waals surface area contributed by atoms with Crippen molar-refractivity contribution in [3.05, 3.63) is 42.7 Å². The number of thioether (sulfide) groups is 1. The molecule has 0 aliphatic carbocycles. The highest BCUT2D eigenvalue weighted by Gasteiger charge is 2.25. The molecular formula is C21H24N4O4S. The van der Waals surface area contributed by atoms with E-state index in [2.05, 4.69) is 10.2 Å². The van der Waals surface area contributed by atoms with E-state index in [0.29, 0.717) is 48.7 Å². The lowest BCUT2D eigenvalue weighted by molar-refractivity contribution is -0.129. The van der Waals surface area contributed by atoms with E-state index in [4.69, 9.17) is 13.9 Å². The zero-order chi connectivity index (χ0) is 20.9. The monoisotopic (exact) mass is 428 g/mol. The van der Waals surface area contributed by atoms with Gasteiger partial charge in [-0.05, 0) is 38.1 Å². The Bertz CT molecular complexity index is 989. The number of para-hydroxylation sites is 2. The largest absolute Gasteiger partial charge is 0.486 e. The number of rotatable bonds is 8. The highest BCUT2D eigenvalue weighted by atomic mass is 32.2. The van der Waals surface area contributed by atoms with Gasteiger partial charge in [0, 0.05) is 13.1 Å². The second-order valence-electron chi connectivity index (χ2n) is 6.75. The summed E-state index contributed by atoms with van der Waals surface area (Å²) in [5.41, 5.74) is 0. The number of ether oxygens (including phenoxy) is 2. The van der Waals surface area contributed by atoms with Crippen LogP contribution in [0.5, 0.6) is 11.5 Å². The number of aromatic nitrogens is 3. The van der Waals surface area contributed by atoms with Crippen LogP contribution in [-0.4, -0.2) is 57.1 Å². The van der Waals surface area contributed by atoms with Crippen molar-refractivity contribution in [1.29, 1.82) is 0 Å². The molecule has 9 heteroatoms. The molecule has 1 aliphatic rings. The third-order valence-corrected chi connectivity index (χ3v) is 5.78. The van der Waals surface area contributed by atoms with Crippen LogP contribution in [0.3, 0.4) is 0 Å². The van der Waals surface area contributed by atoms with Crippen LogP contribution in [0.4, 0.5) is 0 Å². The summed E-state index contributed by atoms with van der Waals surface area (Å²) in [4.78, 5) is 14.6. The fourth-order valence-corrected chi connectivity index (χ4v) is 4.20. The summed E-state index contributed by atoms with van der Waals surface area (Å²) < 4.78 is 19.1. The fourth-order valence-electron chi connectivity index (χ4n) is 3.29. The molecule has 2 aromatic heterocycles. The second-order valence-corrected chi connectivity index (χ2v) is 7.69. The zero-order valence-corrected chi connectivity index (χ0v) is 17.8. The minimum absolute atomic E-state index is 0.0233. The van der Waals surface area contributed by atoms with Crippen LogP contribution >= 0.6 is 11.8 Å². The average Bonchev–Trinajstić information content (AvgIpc) is 3.45. The first-order valence-electron chi connectivity index (χ1n) is 9.95. The normalized spacial score (nSPS) is 15.2. The Balaban J connectivity index is 1.36. The SMILES string of the molecule is CCN(CC1COc2ccccc2O1)C(=O)CSc1nnc(-c2ccco2)n1CC. The van der Waals surface area contributed by atoms with Gasteiger partial charge in [0.15, 0.2) is 34.3 Å². The number of nitrogens with zero attached hydrogens (tertiary/aromatic N) is 4. The van der Waals surface area contributed by atoms with E-state index in [9.17, 15) is 4.79 Å². The summed E-state index contributed by atoms with van der Waals surface area (Å²) in [6.45, 7) is 6.15. The summed E-state index contributed by atoms with van der Waals surface area (Å²) in [6, 6.07) is 11.2. The lowest BCUT2D eigenvalue weighted by Gasteiger charge is -2.30. The van der Waals surface area contributed by atoms with Crippen LogP contribution < -0.4 is 9.47 Å². The number of benzene rings is 1. The third kappa shape index (κ3) is 4.30. The molecular weight excluding hydrogens is 404 g/mol. The molecule has 0 radical (unpaired) electrons. The maximum Gasteiger partial charge on any atom is 0.233 e. The van der Waals surface area contributed by atoms with Crippen molar-refractivity contribution in [3.8, 4) is 23.1 Å². The molecule has 0 saturated carbocycles. The molecule has 1 amide bonds. The molecule has 1 unspecified atom stereocenters. The number of amides is 1. The Morgan fingerprint density at radius 2 is 2.03 bits per heavy atom. The lowest BCUT2D eigenvalue weighted by atomic mass is 10.2. The van der Waals surface area contributed by atoms with E-state index >= 15 is 0 Å². The lowest BCUT2D eigenvalue weighted by Crippen LogP contribution is -2.44. The molecule has 3 aromatic rings. The van der Waals surface area contributed by atoms with Crippen molar-refractivity contribution >= 4 is 17.7 Å². The average molecular weight is 429 g/mol. The van der Waals surface area contributed by atoms with Crippen LogP contribution in [0.15, 0.2) is 52.2 Å². The Kier molecular flexibility index (Phi) is 6.27. The number of furan rings is 1. The first-order valence-corrected chi connectivity index (χ1v) is 10.9. The van der Waals surface area contributed by atoms with Crippen molar-refractivity contribution in [3.63, 3.8) is 0 Å². The quantitative estimate of drug-likeness (QED) is 0.509. The predicted octanol–water partition coefficient (Wildman–Crippen LogP) is 3.34. The Hall–Kier alpha value is -2.94. The van der Waals surface area contributed by atoms with Gasteiger partial charge in [0.25, 0.3) is 0 Å². The summed E-state index contributed by atoms with van der Waals surface area (Å²) in [5, 5.41) is 9.16. The Morgan fingerprint density at radius 1 is 1.20 bits per heavy atom. The maximum atomic E-state index is 12.8. The molecule has 8 nitrogen and oxygen atoms in total. The van der Waals surface area contributed by atoms with E-state index in [1.165, 1.54) is 11.8 Å². The highest BCUT2D eigenvalue weighted by molar-refractivity contribution is 7.99. The van der Waals surface area contributed by atoms with Gasteiger partial charge in [0.2, 0.25) is 5.91 Å². The molecule has 1 aromatic carbocycles. The molecule has 0 N–H and O–H groups in total. The summed E-state index contributed by atoms with van der Waals surface area (Å²) in [6.07, 6.45) is 1.41. The number of fused-ring (bicyclic) bond motifs is 1. The first-order chi connectivity index (χ1) is 14.7. The molecule has 30 heavy (non-hydrogen) atoms. The van der Waals surface area contributed by atoms with E-state index < -0.39 is 0 Å². The molecule has 158 valence electrons. The summed E-state index contributed by atoms with van der Waals surface area (Å²) in [7, 11) is 0. The number of hydrogen-bond acceptors (Lipinski definition) is 7. The molecule has 1 atom stereocenters. The van der Waals surface area contributed by atoms with Crippen LogP contribution in [0, 0.1) is 0 Å². The van der Waals surface area contributed by atoms with Gasteiger partial charge >= 0.3 is 0 Å². The highest BCUT2D eigenvalue weighted by Crippen LogP contribution is 2.31. The minimum atomic E-state index is -0.196. The van der Waals surface area contributed by atoms with Crippen LogP contribution in [-0.2, 0) is 11.3 Å². The number of carbonyl (C=O) groups excluding carboxylic acids is 1. The van der Waals surface area contributed by atoms with Crippen molar-refractivity contribution in [2.45, 2.75) is 31.7 Å². The Labute approximate surface area is 179 Å². The summed E-state index contributed by atoms with van der Waals surface area (Å²) in [5.74, 6) is 3.07. The molecule has 0 saturated heterocycles. The molecule has 1 aliphatic heterocycles.